The van der Waals surface area contributed by atoms with E-state index in [1.165, 1.54) is 18.5 Å². The number of carbonyl (C=O) groups is 1. The first-order valence-corrected chi connectivity index (χ1v) is 9.49. The second-order valence-electron chi connectivity index (χ2n) is 7.01. The van der Waals surface area contributed by atoms with Crippen molar-refractivity contribution in [3.63, 3.8) is 0 Å². The van der Waals surface area contributed by atoms with E-state index < -0.39 is 5.97 Å². The molecule has 0 aliphatic rings. The van der Waals surface area contributed by atoms with Gasteiger partial charge in [0.1, 0.15) is 18.0 Å². The van der Waals surface area contributed by atoms with Crippen molar-refractivity contribution >= 4 is 22.7 Å². The third kappa shape index (κ3) is 3.71. The number of aryl methyl sites for hydroxylation is 1. The Labute approximate surface area is 172 Å². The van der Waals surface area contributed by atoms with Crippen molar-refractivity contribution in [2.75, 3.05) is 5.32 Å². The van der Waals surface area contributed by atoms with Crippen molar-refractivity contribution in [2.45, 2.75) is 19.4 Å². The topological polar surface area (TPSA) is 92.9 Å². The first-order chi connectivity index (χ1) is 14.5. The van der Waals surface area contributed by atoms with Gasteiger partial charge < -0.3 is 10.4 Å². The van der Waals surface area contributed by atoms with Crippen LogP contribution in [0.3, 0.4) is 0 Å². The standard InChI is InChI=1S/C22H20FN5O2/c1-3-19(13-5-4-6-16(23)7-13)27-21-17-8-14(15-10-26-28(2)11-15)9-18(22(29)30)20(17)24-12-25-21/h4-12,19H,3H2,1-2H3,(H,29,30)(H,24,25,27). The summed E-state index contributed by atoms with van der Waals surface area (Å²) in [6, 6.07) is 9.62. The van der Waals surface area contributed by atoms with E-state index >= 15 is 0 Å². The van der Waals surface area contributed by atoms with Crippen LogP contribution in [0.2, 0.25) is 0 Å². The van der Waals surface area contributed by atoms with E-state index in [0.717, 1.165) is 11.1 Å². The van der Waals surface area contributed by atoms with Gasteiger partial charge in [0.2, 0.25) is 0 Å². The molecule has 152 valence electrons. The maximum Gasteiger partial charge on any atom is 0.337 e. The van der Waals surface area contributed by atoms with Gasteiger partial charge in [-0.15, -0.1) is 0 Å². The lowest BCUT2D eigenvalue weighted by molar-refractivity contribution is 0.0699. The maximum absolute atomic E-state index is 13.7. The zero-order chi connectivity index (χ0) is 21.3. The molecule has 0 spiro atoms. The van der Waals surface area contributed by atoms with Crippen LogP contribution in [-0.2, 0) is 7.05 Å². The number of hydrogen-bond acceptors (Lipinski definition) is 5. The summed E-state index contributed by atoms with van der Waals surface area (Å²) >= 11 is 0. The van der Waals surface area contributed by atoms with Crippen molar-refractivity contribution in [3.8, 4) is 11.1 Å². The number of nitrogens with zero attached hydrogens (tertiary/aromatic N) is 4. The molecule has 7 nitrogen and oxygen atoms in total. The van der Waals surface area contributed by atoms with Gasteiger partial charge in [-0.1, -0.05) is 19.1 Å². The maximum atomic E-state index is 13.7. The number of benzene rings is 2. The van der Waals surface area contributed by atoms with Gasteiger partial charge in [-0.25, -0.2) is 19.2 Å². The van der Waals surface area contributed by atoms with E-state index in [2.05, 4.69) is 20.4 Å². The van der Waals surface area contributed by atoms with Crippen LogP contribution in [0.25, 0.3) is 22.0 Å². The van der Waals surface area contributed by atoms with Crippen LogP contribution in [0, 0.1) is 5.82 Å². The number of hydrogen-bond donors (Lipinski definition) is 2. The highest BCUT2D eigenvalue weighted by Crippen LogP contribution is 2.32. The molecular weight excluding hydrogens is 385 g/mol. The second kappa shape index (κ2) is 7.90. The zero-order valence-corrected chi connectivity index (χ0v) is 16.5. The van der Waals surface area contributed by atoms with Crippen molar-refractivity contribution in [1.82, 2.24) is 19.7 Å². The first kappa shape index (κ1) is 19.5. The van der Waals surface area contributed by atoms with Gasteiger partial charge in [-0.3, -0.25) is 4.68 Å². The Morgan fingerprint density at radius 2 is 2.07 bits per heavy atom. The summed E-state index contributed by atoms with van der Waals surface area (Å²) in [5, 5.41) is 17.8. The lowest BCUT2D eigenvalue weighted by atomic mass is 10.0. The molecule has 0 saturated heterocycles. The molecule has 0 bridgehead atoms. The van der Waals surface area contributed by atoms with Crippen LogP contribution in [-0.4, -0.2) is 30.8 Å². The normalized spacial score (nSPS) is 12.1. The smallest absolute Gasteiger partial charge is 0.337 e. The monoisotopic (exact) mass is 405 g/mol. The Hall–Kier alpha value is -3.81. The van der Waals surface area contributed by atoms with Crippen LogP contribution in [0.1, 0.15) is 35.3 Å². The van der Waals surface area contributed by atoms with Crippen LogP contribution in [0.4, 0.5) is 10.2 Å². The van der Waals surface area contributed by atoms with E-state index in [4.69, 9.17) is 0 Å². The molecule has 4 aromatic rings. The molecule has 0 aliphatic carbocycles. The van der Waals surface area contributed by atoms with E-state index in [0.29, 0.717) is 28.7 Å². The van der Waals surface area contributed by atoms with Gasteiger partial charge in [0, 0.05) is 24.2 Å². The van der Waals surface area contributed by atoms with Gasteiger partial charge in [-0.2, -0.15) is 5.10 Å². The zero-order valence-electron chi connectivity index (χ0n) is 16.5. The fraction of sp³-hybridized carbons (Fsp3) is 0.182. The number of aromatic nitrogens is 4. The lowest BCUT2D eigenvalue weighted by Gasteiger charge is -2.19. The molecule has 30 heavy (non-hydrogen) atoms. The van der Waals surface area contributed by atoms with Crippen LogP contribution >= 0.6 is 0 Å². The Kier molecular flexibility index (Phi) is 5.14. The molecule has 2 aromatic carbocycles. The number of nitrogens with one attached hydrogen (secondary N) is 1. The molecule has 4 rings (SSSR count). The molecule has 2 heterocycles. The van der Waals surface area contributed by atoms with Gasteiger partial charge in [-0.05, 0) is 41.8 Å². The third-order valence-corrected chi connectivity index (χ3v) is 4.98. The molecule has 8 heteroatoms. The molecule has 0 amide bonds. The predicted octanol–water partition coefficient (Wildman–Crippen LogP) is 4.43. The Bertz CT molecular complexity index is 1240. The van der Waals surface area contributed by atoms with Crippen LogP contribution < -0.4 is 5.32 Å². The summed E-state index contributed by atoms with van der Waals surface area (Å²) in [4.78, 5) is 20.5. The lowest BCUT2D eigenvalue weighted by Crippen LogP contribution is -2.12. The average Bonchev–Trinajstić information content (AvgIpc) is 3.17. The average molecular weight is 405 g/mol. The van der Waals surface area contributed by atoms with Crippen LogP contribution in [0.15, 0.2) is 55.1 Å². The van der Waals surface area contributed by atoms with E-state index in [9.17, 15) is 14.3 Å². The molecule has 2 N–H and O–H groups in total. The van der Waals surface area contributed by atoms with Crippen molar-refractivity contribution in [1.29, 1.82) is 0 Å². The molecule has 1 unspecified atom stereocenters. The number of carboxylic acids is 1. The van der Waals surface area contributed by atoms with Gasteiger partial charge in [0.25, 0.3) is 0 Å². The summed E-state index contributed by atoms with van der Waals surface area (Å²) < 4.78 is 15.4. The second-order valence-corrected chi connectivity index (χ2v) is 7.01. The summed E-state index contributed by atoms with van der Waals surface area (Å²) in [6.07, 6.45) is 5.50. The minimum Gasteiger partial charge on any atom is -0.478 e. The molecule has 0 fully saturated rings. The number of carboxylic acid groups (broad SMARTS) is 1. The van der Waals surface area contributed by atoms with E-state index in [1.54, 1.807) is 30.1 Å². The van der Waals surface area contributed by atoms with Crippen molar-refractivity contribution in [3.05, 3.63) is 72.1 Å². The Morgan fingerprint density at radius 1 is 1.23 bits per heavy atom. The predicted molar refractivity (Wildman–Crippen MR) is 112 cm³/mol. The molecule has 1 atom stereocenters. The minimum absolute atomic E-state index is 0.0793. The van der Waals surface area contributed by atoms with Crippen LogP contribution in [0.5, 0.6) is 0 Å². The Morgan fingerprint density at radius 3 is 2.73 bits per heavy atom. The van der Waals surface area contributed by atoms with E-state index in [-0.39, 0.29) is 17.4 Å². The highest BCUT2D eigenvalue weighted by Gasteiger charge is 2.18. The summed E-state index contributed by atoms with van der Waals surface area (Å²) in [5.41, 5.74) is 2.68. The fourth-order valence-corrected chi connectivity index (χ4v) is 3.49. The first-order valence-electron chi connectivity index (χ1n) is 9.49. The summed E-state index contributed by atoms with van der Waals surface area (Å²) in [5.74, 6) is -0.899. The van der Waals surface area contributed by atoms with Crippen molar-refractivity contribution < 1.29 is 14.3 Å². The minimum atomic E-state index is -1.08. The van der Waals surface area contributed by atoms with Crippen molar-refractivity contribution in [2.24, 2.45) is 7.05 Å². The number of anilines is 1. The summed E-state index contributed by atoms with van der Waals surface area (Å²) in [7, 11) is 1.80. The number of rotatable bonds is 6. The Balaban J connectivity index is 1.85. The molecule has 2 aromatic heterocycles. The molecule has 0 saturated carbocycles. The number of fused-ring (bicyclic) bond motifs is 1. The number of halogens is 1. The number of aromatic carboxylic acids is 1. The van der Waals surface area contributed by atoms with Gasteiger partial charge >= 0.3 is 5.97 Å². The highest BCUT2D eigenvalue weighted by atomic mass is 19.1. The third-order valence-electron chi connectivity index (χ3n) is 4.98. The summed E-state index contributed by atoms with van der Waals surface area (Å²) in [6.45, 7) is 1.98. The molecular formula is C22H20FN5O2. The quantitative estimate of drug-likeness (QED) is 0.493. The molecule has 0 radical (unpaired) electrons. The SMILES string of the molecule is CCC(Nc1ncnc2c(C(=O)O)cc(-c3cnn(C)c3)cc12)c1cccc(F)c1. The van der Waals surface area contributed by atoms with Gasteiger partial charge in [0.15, 0.2) is 0 Å². The molecule has 0 aliphatic heterocycles. The van der Waals surface area contributed by atoms with Gasteiger partial charge in [0.05, 0.1) is 23.3 Å². The fourth-order valence-electron chi connectivity index (χ4n) is 3.49. The largest absolute Gasteiger partial charge is 0.478 e. The van der Waals surface area contributed by atoms with E-state index in [1.807, 2.05) is 25.3 Å². The highest BCUT2D eigenvalue weighted by molar-refractivity contribution is 6.06.